The SMILES string of the molecule is Br.COc1ccc(-c2csc(=Nc3cccc(Cl)c3)n2CCc2ccccc2)cc1Br. The average Bonchev–Trinajstić information content (AvgIpc) is 3.15. The Morgan fingerprint density at radius 2 is 1.84 bits per heavy atom. The third kappa shape index (κ3) is 5.89. The second-order valence-corrected chi connectivity index (χ2v) is 8.86. The fourth-order valence-corrected chi connectivity index (χ4v) is 4.91. The van der Waals surface area contributed by atoms with Crippen molar-refractivity contribution in [2.45, 2.75) is 13.0 Å². The van der Waals surface area contributed by atoms with Gasteiger partial charge in [0.05, 0.1) is 23.0 Å². The molecule has 160 valence electrons. The molecule has 0 bridgehead atoms. The molecular formula is C24H21Br2ClN2OS. The summed E-state index contributed by atoms with van der Waals surface area (Å²) in [7, 11) is 1.67. The second kappa shape index (κ2) is 11.1. The molecule has 0 aliphatic rings. The monoisotopic (exact) mass is 578 g/mol. The van der Waals surface area contributed by atoms with Crippen molar-refractivity contribution in [3.63, 3.8) is 0 Å². The van der Waals surface area contributed by atoms with E-state index in [9.17, 15) is 0 Å². The molecule has 3 nitrogen and oxygen atoms in total. The minimum absolute atomic E-state index is 0. The molecule has 0 amide bonds. The quantitative estimate of drug-likeness (QED) is 0.230. The Morgan fingerprint density at radius 1 is 1.03 bits per heavy atom. The van der Waals surface area contributed by atoms with Crippen LogP contribution in [0.15, 0.2) is 87.6 Å². The zero-order chi connectivity index (χ0) is 20.9. The summed E-state index contributed by atoms with van der Waals surface area (Å²) in [5.41, 5.74) is 4.38. The molecule has 1 heterocycles. The van der Waals surface area contributed by atoms with Crippen LogP contribution >= 0.6 is 55.8 Å². The molecule has 0 saturated heterocycles. The first-order valence-electron chi connectivity index (χ1n) is 9.50. The maximum atomic E-state index is 6.16. The van der Waals surface area contributed by atoms with Crippen molar-refractivity contribution < 1.29 is 4.74 Å². The van der Waals surface area contributed by atoms with E-state index in [0.29, 0.717) is 5.02 Å². The lowest BCUT2D eigenvalue weighted by Gasteiger charge is -2.11. The van der Waals surface area contributed by atoms with Gasteiger partial charge in [-0.1, -0.05) is 48.0 Å². The molecule has 0 N–H and O–H groups in total. The summed E-state index contributed by atoms with van der Waals surface area (Å²) >= 11 is 11.4. The highest BCUT2D eigenvalue weighted by molar-refractivity contribution is 9.10. The van der Waals surface area contributed by atoms with Crippen molar-refractivity contribution in [3.8, 4) is 17.0 Å². The highest BCUT2D eigenvalue weighted by Gasteiger charge is 2.11. The predicted molar refractivity (Wildman–Crippen MR) is 139 cm³/mol. The number of halogens is 3. The summed E-state index contributed by atoms with van der Waals surface area (Å²) in [6.07, 6.45) is 0.921. The van der Waals surface area contributed by atoms with Gasteiger partial charge in [-0.3, -0.25) is 0 Å². The molecule has 0 atom stereocenters. The van der Waals surface area contributed by atoms with Crippen LogP contribution in [-0.2, 0) is 13.0 Å². The average molecular weight is 581 g/mol. The summed E-state index contributed by atoms with van der Waals surface area (Å²) in [6, 6.07) is 24.3. The Morgan fingerprint density at radius 3 is 2.55 bits per heavy atom. The van der Waals surface area contributed by atoms with E-state index in [-0.39, 0.29) is 17.0 Å². The Labute approximate surface area is 209 Å². The van der Waals surface area contributed by atoms with Gasteiger partial charge in [0.25, 0.3) is 0 Å². The van der Waals surface area contributed by atoms with Gasteiger partial charge in [-0.05, 0) is 64.3 Å². The van der Waals surface area contributed by atoms with Crippen molar-refractivity contribution in [2.24, 2.45) is 4.99 Å². The van der Waals surface area contributed by atoms with Gasteiger partial charge < -0.3 is 9.30 Å². The molecule has 0 aliphatic carbocycles. The van der Waals surface area contributed by atoms with E-state index >= 15 is 0 Å². The molecule has 7 heteroatoms. The van der Waals surface area contributed by atoms with E-state index in [0.717, 1.165) is 44.9 Å². The fraction of sp³-hybridized carbons (Fsp3) is 0.125. The smallest absolute Gasteiger partial charge is 0.190 e. The van der Waals surface area contributed by atoms with E-state index in [1.807, 2.05) is 36.4 Å². The van der Waals surface area contributed by atoms with Crippen LogP contribution in [0, 0.1) is 0 Å². The van der Waals surface area contributed by atoms with Crippen LogP contribution in [0.3, 0.4) is 0 Å². The summed E-state index contributed by atoms with van der Waals surface area (Å²) < 4.78 is 8.58. The number of benzene rings is 3. The van der Waals surface area contributed by atoms with Crippen LogP contribution in [0.4, 0.5) is 5.69 Å². The Bertz CT molecular complexity index is 1220. The van der Waals surface area contributed by atoms with E-state index in [1.165, 1.54) is 5.56 Å². The van der Waals surface area contributed by atoms with Crippen molar-refractivity contribution in [2.75, 3.05) is 7.11 Å². The lowest BCUT2D eigenvalue weighted by molar-refractivity contribution is 0.412. The minimum atomic E-state index is 0. The Balaban J connectivity index is 0.00000272. The minimum Gasteiger partial charge on any atom is -0.496 e. The molecule has 0 aliphatic heterocycles. The summed E-state index contributed by atoms with van der Waals surface area (Å²) in [4.78, 5) is 5.82. The van der Waals surface area contributed by atoms with Crippen LogP contribution in [-0.4, -0.2) is 11.7 Å². The van der Waals surface area contributed by atoms with Gasteiger partial charge in [0.1, 0.15) is 5.75 Å². The number of nitrogens with zero attached hydrogens (tertiary/aromatic N) is 2. The van der Waals surface area contributed by atoms with E-state index in [1.54, 1.807) is 18.4 Å². The van der Waals surface area contributed by atoms with Crippen LogP contribution < -0.4 is 9.54 Å². The van der Waals surface area contributed by atoms with Gasteiger partial charge in [-0.15, -0.1) is 28.3 Å². The van der Waals surface area contributed by atoms with Crippen LogP contribution in [0.5, 0.6) is 5.75 Å². The zero-order valence-electron chi connectivity index (χ0n) is 16.8. The van der Waals surface area contributed by atoms with Gasteiger partial charge in [0.15, 0.2) is 4.80 Å². The standard InChI is InChI=1S/C24H20BrClN2OS.BrH/c1-29-23-11-10-18(14-21(23)25)22-16-30-24(27-20-9-5-8-19(26)15-20)28(22)13-12-17-6-3-2-4-7-17;/h2-11,14-16H,12-13H2,1H3;1H. The number of aryl methyl sites for hydroxylation is 1. The van der Waals surface area contributed by atoms with Gasteiger partial charge in [0, 0.05) is 22.5 Å². The topological polar surface area (TPSA) is 26.5 Å². The molecule has 0 unspecified atom stereocenters. The lowest BCUT2D eigenvalue weighted by atomic mass is 10.1. The largest absolute Gasteiger partial charge is 0.496 e. The van der Waals surface area contributed by atoms with E-state index < -0.39 is 0 Å². The van der Waals surface area contributed by atoms with Gasteiger partial charge in [-0.25, -0.2) is 4.99 Å². The molecule has 4 rings (SSSR count). The molecule has 3 aromatic carbocycles. The summed E-state index contributed by atoms with van der Waals surface area (Å²) in [6.45, 7) is 0.825. The summed E-state index contributed by atoms with van der Waals surface area (Å²) in [5, 5.41) is 2.84. The number of aromatic nitrogens is 1. The fourth-order valence-electron chi connectivity index (χ4n) is 3.23. The summed E-state index contributed by atoms with van der Waals surface area (Å²) in [5.74, 6) is 0.814. The van der Waals surface area contributed by atoms with Crippen LogP contribution in [0.2, 0.25) is 5.02 Å². The first-order chi connectivity index (χ1) is 14.6. The van der Waals surface area contributed by atoms with E-state index in [2.05, 4.69) is 62.3 Å². The third-order valence-corrected chi connectivity index (χ3v) is 6.46. The predicted octanol–water partition coefficient (Wildman–Crippen LogP) is 7.69. The Kier molecular flexibility index (Phi) is 8.55. The van der Waals surface area contributed by atoms with Crippen molar-refractivity contribution >= 4 is 61.5 Å². The van der Waals surface area contributed by atoms with Gasteiger partial charge in [0.2, 0.25) is 0 Å². The molecule has 1 aromatic heterocycles. The van der Waals surface area contributed by atoms with Crippen molar-refractivity contribution in [1.82, 2.24) is 4.57 Å². The molecule has 0 radical (unpaired) electrons. The molecular weight excluding hydrogens is 560 g/mol. The Hall–Kier alpha value is -1.86. The number of thiazole rings is 1. The molecule has 31 heavy (non-hydrogen) atoms. The third-order valence-electron chi connectivity index (χ3n) is 4.75. The zero-order valence-corrected chi connectivity index (χ0v) is 21.7. The van der Waals surface area contributed by atoms with E-state index in [4.69, 9.17) is 21.3 Å². The highest BCUT2D eigenvalue weighted by atomic mass is 79.9. The number of hydrogen-bond donors (Lipinski definition) is 0. The molecule has 0 saturated carbocycles. The number of methoxy groups -OCH3 is 1. The molecule has 0 fully saturated rings. The normalized spacial score (nSPS) is 11.3. The maximum Gasteiger partial charge on any atom is 0.190 e. The van der Waals surface area contributed by atoms with Gasteiger partial charge >= 0.3 is 0 Å². The first-order valence-corrected chi connectivity index (χ1v) is 11.6. The molecule has 4 aromatic rings. The number of rotatable bonds is 6. The van der Waals surface area contributed by atoms with Crippen molar-refractivity contribution in [1.29, 1.82) is 0 Å². The van der Waals surface area contributed by atoms with Crippen LogP contribution in [0.1, 0.15) is 5.56 Å². The molecule has 0 spiro atoms. The highest BCUT2D eigenvalue weighted by Crippen LogP contribution is 2.31. The number of hydrogen-bond acceptors (Lipinski definition) is 3. The van der Waals surface area contributed by atoms with Crippen LogP contribution in [0.25, 0.3) is 11.3 Å². The number of ether oxygens (including phenoxy) is 1. The lowest BCUT2D eigenvalue weighted by Crippen LogP contribution is -2.17. The second-order valence-electron chi connectivity index (χ2n) is 6.73. The van der Waals surface area contributed by atoms with Gasteiger partial charge in [-0.2, -0.15) is 0 Å². The maximum absolute atomic E-state index is 6.16. The van der Waals surface area contributed by atoms with Crippen molar-refractivity contribution in [3.05, 3.63) is 98.0 Å². The first kappa shape index (κ1) is 23.8.